The predicted octanol–water partition coefficient (Wildman–Crippen LogP) is 5.30. The van der Waals surface area contributed by atoms with Crippen LogP contribution in [0.15, 0.2) is 33.2 Å². The highest BCUT2D eigenvalue weighted by atomic mass is 79.9. The molecule has 0 saturated carbocycles. The predicted molar refractivity (Wildman–Crippen MR) is 94.3 cm³/mol. The average Bonchev–Trinajstić information content (AvgIpc) is 2.97. The Hall–Kier alpha value is -2.41. The van der Waals surface area contributed by atoms with Crippen LogP contribution in [0.3, 0.4) is 0 Å². The lowest BCUT2D eigenvalue weighted by Crippen LogP contribution is -1.93. The van der Waals surface area contributed by atoms with Crippen LogP contribution < -0.4 is 0 Å². The van der Waals surface area contributed by atoms with Gasteiger partial charge in [-0.15, -0.1) is 0 Å². The Kier molecular flexibility index (Phi) is 4.04. The molecule has 0 unspecified atom stereocenters. The zero-order valence-electron chi connectivity index (χ0n) is 13.3. The number of nitrogens with zero attached hydrogens (tertiary/aromatic N) is 2. The van der Waals surface area contributed by atoms with E-state index in [4.69, 9.17) is 4.42 Å². The summed E-state index contributed by atoms with van der Waals surface area (Å²) in [4.78, 5) is 15.0. The van der Waals surface area contributed by atoms with Crippen molar-refractivity contribution < 1.29 is 14.4 Å². The summed E-state index contributed by atoms with van der Waals surface area (Å²) in [6, 6.07) is 6.13. The number of non-ortho nitro benzene ring substituents is 1. The van der Waals surface area contributed by atoms with Crippen molar-refractivity contribution >= 4 is 32.7 Å². The number of hydrogen-bond acceptors (Lipinski definition) is 5. The fourth-order valence-corrected chi connectivity index (χ4v) is 3.08. The van der Waals surface area contributed by atoms with Gasteiger partial charge in [0.25, 0.3) is 5.69 Å². The summed E-state index contributed by atoms with van der Waals surface area (Å²) in [6.45, 7) is 5.73. The van der Waals surface area contributed by atoms with Gasteiger partial charge in [-0.3, -0.25) is 10.1 Å². The monoisotopic (exact) mass is 390 g/mol. The lowest BCUT2D eigenvalue weighted by Gasteiger charge is -2.12. The van der Waals surface area contributed by atoms with Crippen LogP contribution in [-0.4, -0.2) is 15.0 Å². The van der Waals surface area contributed by atoms with Crippen LogP contribution in [0.1, 0.15) is 30.9 Å². The molecule has 2 aromatic carbocycles. The Labute approximate surface area is 146 Å². The lowest BCUT2D eigenvalue weighted by molar-refractivity contribution is -0.384. The molecule has 0 aliphatic rings. The molecule has 0 fully saturated rings. The summed E-state index contributed by atoms with van der Waals surface area (Å²) in [7, 11) is 0. The van der Waals surface area contributed by atoms with Crippen LogP contribution in [0, 0.1) is 17.0 Å². The van der Waals surface area contributed by atoms with Crippen LogP contribution in [0.5, 0.6) is 5.75 Å². The number of aromatic nitrogens is 1. The number of aryl methyl sites for hydroxylation is 1. The Morgan fingerprint density at radius 3 is 2.71 bits per heavy atom. The molecule has 0 aliphatic carbocycles. The molecule has 124 valence electrons. The van der Waals surface area contributed by atoms with Gasteiger partial charge in [-0.25, -0.2) is 4.98 Å². The summed E-state index contributed by atoms with van der Waals surface area (Å²) in [5, 5.41) is 21.4. The van der Waals surface area contributed by atoms with Crippen molar-refractivity contribution in [1.82, 2.24) is 4.98 Å². The minimum Gasteiger partial charge on any atom is -0.506 e. The lowest BCUT2D eigenvalue weighted by atomic mass is 9.99. The molecule has 0 aliphatic heterocycles. The van der Waals surface area contributed by atoms with Gasteiger partial charge in [0.1, 0.15) is 11.3 Å². The van der Waals surface area contributed by atoms with E-state index in [2.05, 4.69) is 20.9 Å². The number of oxazole rings is 1. The summed E-state index contributed by atoms with van der Waals surface area (Å²) < 4.78 is 6.46. The van der Waals surface area contributed by atoms with Crippen LogP contribution in [0.2, 0.25) is 0 Å². The van der Waals surface area contributed by atoms with E-state index in [1.54, 1.807) is 12.1 Å². The second-order valence-electron chi connectivity index (χ2n) is 5.86. The molecule has 0 saturated heterocycles. The molecule has 7 heteroatoms. The molecule has 3 rings (SSSR count). The maximum absolute atomic E-state index is 11.0. The van der Waals surface area contributed by atoms with Gasteiger partial charge in [0.05, 0.1) is 9.40 Å². The van der Waals surface area contributed by atoms with Gasteiger partial charge in [-0.2, -0.15) is 0 Å². The molecule has 6 nitrogen and oxygen atoms in total. The Morgan fingerprint density at radius 1 is 1.38 bits per heavy atom. The van der Waals surface area contributed by atoms with Crippen molar-refractivity contribution in [2.75, 3.05) is 0 Å². The van der Waals surface area contributed by atoms with Crippen molar-refractivity contribution in [3.8, 4) is 17.2 Å². The molecular weight excluding hydrogens is 376 g/mol. The third kappa shape index (κ3) is 2.54. The first-order chi connectivity index (χ1) is 11.3. The number of benzene rings is 2. The zero-order valence-corrected chi connectivity index (χ0v) is 14.9. The van der Waals surface area contributed by atoms with Gasteiger partial charge in [0, 0.05) is 23.3 Å². The summed E-state index contributed by atoms with van der Waals surface area (Å²) in [5.41, 5.74) is 3.04. The number of phenolic OH excluding ortho intramolecular Hbond substituents is 1. The molecule has 0 radical (unpaired) electrons. The number of aromatic hydroxyl groups is 1. The summed E-state index contributed by atoms with van der Waals surface area (Å²) in [6.07, 6.45) is 0. The molecule has 1 aromatic heterocycles. The second-order valence-corrected chi connectivity index (χ2v) is 6.65. The maximum Gasteiger partial charge on any atom is 0.270 e. The molecular formula is C17H15BrN2O4. The Bertz CT molecular complexity index is 963. The SMILES string of the molecule is Cc1c(Br)c(O)c(C(C)C)c2oc(-c3cccc([N+](=O)[O-])c3)nc12. The smallest absolute Gasteiger partial charge is 0.270 e. The second kappa shape index (κ2) is 5.90. The van der Waals surface area contributed by atoms with E-state index in [-0.39, 0.29) is 23.2 Å². The molecule has 3 aromatic rings. The van der Waals surface area contributed by atoms with Crippen LogP contribution >= 0.6 is 15.9 Å². The van der Waals surface area contributed by atoms with E-state index in [1.807, 2.05) is 20.8 Å². The molecule has 0 atom stereocenters. The average molecular weight is 391 g/mol. The largest absolute Gasteiger partial charge is 0.506 e. The number of nitro benzene ring substituents is 1. The van der Waals surface area contributed by atoms with E-state index >= 15 is 0 Å². The highest BCUT2D eigenvalue weighted by Gasteiger charge is 2.23. The minimum absolute atomic E-state index is 0.0234. The van der Waals surface area contributed by atoms with Crippen molar-refractivity contribution in [2.45, 2.75) is 26.7 Å². The first kappa shape index (κ1) is 16.4. The normalized spacial score (nSPS) is 11.4. The number of halogens is 1. The number of rotatable bonds is 3. The van der Waals surface area contributed by atoms with Crippen molar-refractivity contribution in [2.24, 2.45) is 0 Å². The van der Waals surface area contributed by atoms with Gasteiger partial charge in [0.15, 0.2) is 5.58 Å². The molecule has 0 spiro atoms. The quantitative estimate of drug-likeness (QED) is 0.483. The van der Waals surface area contributed by atoms with Gasteiger partial charge in [-0.05, 0) is 40.4 Å². The number of fused-ring (bicyclic) bond motifs is 1. The highest BCUT2D eigenvalue weighted by Crippen LogP contribution is 2.43. The van der Waals surface area contributed by atoms with Gasteiger partial charge < -0.3 is 9.52 Å². The topological polar surface area (TPSA) is 89.4 Å². The van der Waals surface area contributed by atoms with E-state index in [0.29, 0.717) is 26.7 Å². The highest BCUT2D eigenvalue weighted by molar-refractivity contribution is 9.10. The summed E-state index contributed by atoms with van der Waals surface area (Å²) in [5.74, 6) is 0.447. The molecule has 0 bridgehead atoms. The Morgan fingerprint density at radius 2 is 2.08 bits per heavy atom. The molecule has 0 amide bonds. The minimum atomic E-state index is -0.459. The third-order valence-corrected chi connectivity index (χ3v) is 4.87. The summed E-state index contributed by atoms with van der Waals surface area (Å²) >= 11 is 3.39. The molecule has 24 heavy (non-hydrogen) atoms. The van der Waals surface area contributed by atoms with Crippen molar-refractivity contribution in [3.63, 3.8) is 0 Å². The van der Waals surface area contributed by atoms with E-state index in [0.717, 1.165) is 5.56 Å². The van der Waals surface area contributed by atoms with Crippen molar-refractivity contribution in [3.05, 3.63) is 50.0 Å². The first-order valence-electron chi connectivity index (χ1n) is 7.37. The van der Waals surface area contributed by atoms with E-state index in [1.165, 1.54) is 12.1 Å². The Balaban J connectivity index is 2.29. The standard InChI is InChI=1S/C17H15BrN2O4/c1-8(2)12-15(21)13(18)9(3)14-16(12)24-17(19-14)10-5-4-6-11(7-10)20(22)23/h4-8,21H,1-3H3. The van der Waals surface area contributed by atoms with Crippen molar-refractivity contribution in [1.29, 1.82) is 0 Å². The fraction of sp³-hybridized carbons (Fsp3) is 0.235. The zero-order chi connectivity index (χ0) is 17.6. The fourth-order valence-electron chi connectivity index (χ4n) is 2.68. The number of hydrogen-bond donors (Lipinski definition) is 1. The van der Waals surface area contributed by atoms with Crippen LogP contribution in [0.25, 0.3) is 22.6 Å². The third-order valence-electron chi connectivity index (χ3n) is 3.90. The van der Waals surface area contributed by atoms with Gasteiger partial charge in [0.2, 0.25) is 5.89 Å². The number of phenols is 1. The van der Waals surface area contributed by atoms with Gasteiger partial charge >= 0.3 is 0 Å². The first-order valence-corrected chi connectivity index (χ1v) is 8.16. The van der Waals surface area contributed by atoms with E-state index < -0.39 is 4.92 Å². The van der Waals surface area contributed by atoms with Crippen LogP contribution in [-0.2, 0) is 0 Å². The van der Waals surface area contributed by atoms with Crippen LogP contribution in [0.4, 0.5) is 5.69 Å². The van der Waals surface area contributed by atoms with Gasteiger partial charge in [-0.1, -0.05) is 19.9 Å². The number of nitro groups is 1. The van der Waals surface area contributed by atoms with E-state index in [9.17, 15) is 15.2 Å². The maximum atomic E-state index is 11.0. The molecule has 1 N–H and O–H groups in total. The molecule has 1 heterocycles.